The van der Waals surface area contributed by atoms with Crippen LogP contribution in [0.25, 0.3) is 0 Å². The average molecular weight is 338 g/mol. The zero-order chi connectivity index (χ0) is 17.6. The van der Waals surface area contributed by atoms with Crippen molar-refractivity contribution < 1.29 is 9.59 Å². The molecule has 2 aromatic rings. The summed E-state index contributed by atoms with van der Waals surface area (Å²) in [5.41, 5.74) is 2.56. The highest BCUT2D eigenvalue weighted by atomic mass is 16.2. The van der Waals surface area contributed by atoms with Crippen LogP contribution in [0.3, 0.4) is 0 Å². The Balaban J connectivity index is 1.62. The number of nitrogens with zero attached hydrogens (tertiary/aromatic N) is 2. The van der Waals surface area contributed by atoms with Gasteiger partial charge in [0.1, 0.15) is 5.82 Å². The maximum Gasteiger partial charge on any atom is 0.252 e. The average Bonchev–Trinajstić information content (AvgIpc) is 3.07. The number of aromatic nitrogens is 1. The molecule has 1 aliphatic heterocycles. The van der Waals surface area contributed by atoms with Gasteiger partial charge in [-0.1, -0.05) is 12.1 Å². The van der Waals surface area contributed by atoms with Crippen LogP contribution < -0.4 is 15.5 Å². The summed E-state index contributed by atoms with van der Waals surface area (Å²) in [6.45, 7) is 3.86. The van der Waals surface area contributed by atoms with Gasteiger partial charge in [0, 0.05) is 37.9 Å². The Bertz CT molecular complexity index is 758. The van der Waals surface area contributed by atoms with E-state index in [0.717, 1.165) is 24.2 Å². The number of carbonyl (C=O) groups is 2. The highest BCUT2D eigenvalue weighted by Crippen LogP contribution is 2.22. The van der Waals surface area contributed by atoms with E-state index in [4.69, 9.17) is 0 Å². The van der Waals surface area contributed by atoms with E-state index in [1.54, 1.807) is 18.3 Å². The number of hydrogen-bond acceptors (Lipinski definition) is 4. The van der Waals surface area contributed by atoms with Crippen molar-refractivity contribution in [2.75, 3.05) is 23.3 Å². The van der Waals surface area contributed by atoms with E-state index >= 15 is 0 Å². The van der Waals surface area contributed by atoms with Gasteiger partial charge in [-0.05, 0) is 43.2 Å². The number of rotatable bonds is 6. The van der Waals surface area contributed by atoms with Gasteiger partial charge < -0.3 is 15.5 Å². The standard InChI is InChI=1S/C19H22N4O2/c1-2-20-19(25)15-8-9-17(22-13-15)21-12-14-5-3-6-16(11-14)23-10-4-7-18(23)24/h3,5-6,8-9,11,13H,2,4,7,10,12H2,1H3,(H,20,25)(H,21,22). The molecule has 6 nitrogen and oxygen atoms in total. The summed E-state index contributed by atoms with van der Waals surface area (Å²) in [6.07, 6.45) is 3.11. The molecule has 1 aromatic carbocycles. The van der Waals surface area contributed by atoms with E-state index in [1.807, 2.05) is 36.1 Å². The molecule has 0 spiro atoms. The predicted molar refractivity (Wildman–Crippen MR) is 97.6 cm³/mol. The van der Waals surface area contributed by atoms with Crippen LogP contribution in [-0.2, 0) is 11.3 Å². The summed E-state index contributed by atoms with van der Waals surface area (Å²) in [4.78, 5) is 29.7. The molecular formula is C19H22N4O2. The summed E-state index contributed by atoms with van der Waals surface area (Å²) in [5, 5.41) is 5.99. The number of hydrogen-bond donors (Lipinski definition) is 2. The lowest BCUT2D eigenvalue weighted by molar-refractivity contribution is -0.117. The lowest BCUT2D eigenvalue weighted by Crippen LogP contribution is -2.23. The van der Waals surface area contributed by atoms with Crippen LogP contribution in [0.15, 0.2) is 42.6 Å². The number of carbonyl (C=O) groups excluding carboxylic acids is 2. The van der Waals surface area contributed by atoms with Gasteiger partial charge in [0.05, 0.1) is 5.56 Å². The maximum absolute atomic E-state index is 11.9. The normalized spacial score (nSPS) is 13.8. The smallest absolute Gasteiger partial charge is 0.252 e. The van der Waals surface area contributed by atoms with E-state index in [9.17, 15) is 9.59 Å². The molecule has 1 saturated heterocycles. The molecular weight excluding hydrogens is 316 g/mol. The van der Waals surface area contributed by atoms with Gasteiger partial charge in [0.2, 0.25) is 5.91 Å². The second-order valence-corrected chi connectivity index (χ2v) is 5.96. The molecule has 0 atom stereocenters. The number of pyridine rings is 1. The fourth-order valence-electron chi connectivity index (χ4n) is 2.84. The van der Waals surface area contributed by atoms with Crippen LogP contribution in [0, 0.1) is 0 Å². The van der Waals surface area contributed by atoms with Crippen molar-refractivity contribution in [1.82, 2.24) is 10.3 Å². The van der Waals surface area contributed by atoms with Crippen LogP contribution in [0.4, 0.5) is 11.5 Å². The van der Waals surface area contributed by atoms with Crippen molar-refractivity contribution in [2.45, 2.75) is 26.3 Å². The Hall–Kier alpha value is -2.89. The molecule has 0 saturated carbocycles. The molecule has 0 radical (unpaired) electrons. The first-order valence-electron chi connectivity index (χ1n) is 8.55. The third-order valence-electron chi connectivity index (χ3n) is 4.13. The number of amides is 2. The van der Waals surface area contributed by atoms with Gasteiger partial charge in [0.15, 0.2) is 0 Å². The van der Waals surface area contributed by atoms with Gasteiger partial charge in [0.25, 0.3) is 5.91 Å². The monoisotopic (exact) mass is 338 g/mol. The molecule has 1 aliphatic rings. The minimum atomic E-state index is -0.121. The molecule has 0 bridgehead atoms. The zero-order valence-corrected chi connectivity index (χ0v) is 14.3. The van der Waals surface area contributed by atoms with Crippen molar-refractivity contribution in [3.63, 3.8) is 0 Å². The van der Waals surface area contributed by atoms with Crippen molar-refractivity contribution in [3.05, 3.63) is 53.7 Å². The SMILES string of the molecule is CCNC(=O)c1ccc(NCc2cccc(N3CCCC3=O)c2)nc1. The third kappa shape index (κ3) is 4.15. The summed E-state index contributed by atoms with van der Waals surface area (Å²) < 4.78 is 0. The molecule has 0 unspecified atom stereocenters. The van der Waals surface area contributed by atoms with Crippen LogP contribution in [0.2, 0.25) is 0 Å². The first-order valence-corrected chi connectivity index (χ1v) is 8.55. The number of benzene rings is 1. The molecule has 3 rings (SSSR count). The minimum Gasteiger partial charge on any atom is -0.366 e. The highest BCUT2D eigenvalue weighted by Gasteiger charge is 2.21. The lowest BCUT2D eigenvalue weighted by atomic mass is 10.2. The molecule has 130 valence electrons. The molecule has 6 heteroatoms. The summed E-state index contributed by atoms with van der Waals surface area (Å²) >= 11 is 0. The van der Waals surface area contributed by atoms with Crippen molar-refractivity contribution >= 4 is 23.3 Å². The van der Waals surface area contributed by atoms with Crippen molar-refractivity contribution in [3.8, 4) is 0 Å². The van der Waals surface area contributed by atoms with Crippen LogP contribution in [0.5, 0.6) is 0 Å². The molecule has 2 N–H and O–H groups in total. The Morgan fingerprint density at radius 3 is 2.84 bits per heavy atom. The van der Waals surface area contributed by atoms with Gasteiger partial charge >= 0.3 is 0 Å². The Morgan fingerprint density at radius 1 is 1.28 bits per heavy atom. The lowest BCUT2D eigenvalue weighted by Gasteiger charge is -2.16. The Kier molecular flexibility index (Phi) is 5.28. The topological polar surface area (TPSA) is 74.3 Å². The second kappa shape index (κ2) is 7.79. The quantitative estimate of drug-likeness (QED) is 0.849. The maximum atomic E-state index is 11.9. The van der Waals surface area contributed by atoms with E-state index in [2.05, 4.69) is 15.6 Å². The first-order chi connectivity index (χ1) is 12.2. The fourth-order valence-corrected chi connectivity index (χ4v) is 2.84. The molecule has 2 amide bonds. The van der Waals surface area contributed by atoms with E-state index in [1.165, 1.54) is 0 Å². The van der Waals surface area contributed by atoms with E-state index < -0.39 is 0 Å². The van der Waals surface area contributed by atoms with E-state index in [0.29, 0.717) is 30.9 Å². The Morgan fingerprint density at radius 2 is 2.16 bits per heavy atom. The summed E-state index contributed by atoms with van der Waals surface area (Å²) in [5.74, 6) is 0.771. The highest BCUT2D eigenvalue weighted by molar-refractivity contribution is 5.95. The van der Waals surface area contributed by atoms with Gasteiger partial charge in [-0.25, -0.2) is 4.98 Å². The number of nitrogens with one attached hydrogen (secondary N) is 2. The molecule has 25 heavy (non-hydrogen) atoms. The first kappa shape index (κ1) is 17.0. The fraction of sp³-hybridized carbons (Fsp3) is 0.316. The molecule has 1 fully saturated rings. The molecule has 2 heterocycles. The minimum absolute atomic E-state index is 0.121. The molecule has 1 aromatic heterocycles. The number of anilines is 2. The van der Waals surface area contributed by atoms with Gasteiger partial charge in [-0.15, -0.1) is 0 Å². The van der Waals surface area contributed by atoms with Gasteiger partial charge in [-0.2, -0.15) is 0 Å². The second-order valence-electron chi connectivity index (χ2n) is 5.96. The largest absolute Gasteiger partial charge is 0.366 e. The van der Waals surface area contributed by atoms with E-state index in [-0.39, 0.29) is 11.8 Å². The van der Waals surface area contributed by atoms with Crippen LogP contribution in [0.1, 0.15) is 35.7 Å². The van der Waals surface area contributed by atoms with Gasteiger partial charge in [-0.3, -0.25) is 9.59 Å². The Labute approximate surface area is 147 Å². The predicted octanol–water partition coefficient (Wildman–Crippen LogP) is 2.57. The molecule has 0 aliphatic carbocycles. The van der Waals surface area contributed by atoms with Crippen molar-refractivity contribution in [1.29, 1.82) is 0 Å². The summed E-state index contributed by atoms with van der Waals surface area (Å²) in [7, 11) is 0. The van der Waals surface area contributed by atoms with Crippen LogP contribution >= 0.6 is 0 Å². The zero-order valence-electron chi connectivity index (χ0n) is 14.3. The summed E-state index contributed by atoms with van der Waals surface area (Å²) in [6, 6.07) is 11.5. The van der Waals surface area contributed by atoms with Crippen molar-refractivity contribution in [2.24, 2.45) is 0 Å². The third-order valence-corrected chi connectivity index (χ3v) is 4.13. The van der Waals surface area contributed by atoms with Crippen LogP contribution in [-0.4, -0.2) is 29.9 Å².